The van der Waals surface area contributed by atoms with Crippen molar-refractivity contribution in [2.24, 2.45) is 0 Å². The van der Waals surface area contributed by atoms with Crippen LogP contribution >= 0.6 is 15.9 Å². The number of anilines is 1. The monoisotopic (exact) mass is 466 g/mol. The molecule has 1 saturated heterocycles. The fraction of sp³-hybridized carbons (Fsp3) is 0.350. The van der Waals surface area contributed by atoms with Crippen molar-refractivity contribution in [2.75, 3.05) is 19.0 Å². The lowest BCUT2D eigenvalue weighted by Gasteiger charge is -2.32. The third-order valence-corrected chi connectivity index (χ3v) is 7.42. The number of rotatable bonds is 5. The Hall–Kier alpha value is -1.90. The van der Waals surface area contributed by atoms with Crippen LogP contribution in [0.1, 0.15) is 36.5 Å². The van der Waals surface area contributed by atoms with E-state index in [9.17, 15) is 13.2 Å². The predicted octanol–water partition coefficient (Wildman–Crippen LogP) is 4.27. The van der Waals surface area contributed by atoms with E-state index in [1.165, 1.54) is 23.5 Å². The lowest BCUT2D eigenvalue weighted by Crippen LogP contribution is -2.42. The highest BCUT2D eigenvalue weighted by Gasteiger charge is 2.33. The maximum Gasteiger partial charge on any atom is 0.255 e. The van der Waals surface area contributed by atoms with Gasteiger partial charge in [0, 0.05) is 28.3 Å². The van der Waals surface area contributed by atoms with Gasteiger partial charge in [-0.1, -0.05) is 22.4 Å². The Labute approximate surface area is 174 Å². The number of carbonyl (C=O) groups is 1. The van der Waals surface area contributed by atoms with Gasteiger partial charge < -0.3 is 10.1 Å². The molecule has 2 aromatic carbocycles. The van der Waals surface area contributed by atoms with Gasteiger partial charge in [0.1, 0.15) is 10.6 Å². The first-order valence-electron chi connectivity index (χ1n) is 9.09. The number of nitrogens with zero attached hydrogens (tertiary/aromatic N) is 1. The Morgan fingerprint density at radius 2 is 1.89 bits per heavy atom. The van der Waals surface area contributed by atoms with E-state index in [1.54, 1.807) is 18.2 Å². The highest BCUT2D eigenvalue weighted by molar-refractivity contribution is 9.10. The molecular formula is C20H23BrN2O4S. The van der Waals surface area contributed by atoms with E-state index < -0.39 is 10.0 Å². The number of piperidine rings is 1. The summed E-state index contributed by atoms with van der Waals surface area (Å²) in [6.07, 6.45) is 2.67. The Morgan fingerprint density at radius 1 is 1.18 bits per heavy atom. The molecule has 1 aliphatic rings. The van der Waals surface area contributed by atoms with Crippen molar-refractivity contribution in [1.82, 2.24) is 4.31 Å². The molecule has 1 fully saturated rings. The number of sulfonamides is 1. The molecule has 6 nitrogen and oxygen atoms in total. The first kappa shape index (κ1) is 20.8. The minimum Gasteiger partial charge on any atom is -0.495 e. The molecule has 1 atom stereocenters. The molecular weight excluding hydrogens is 444 g/mol. The van der Waals surface area contributed by atoms with E-state index in [1.807, 2.05) is 19.1 Å². The average Bonchev–Trinajstić information content (AvgIpc) is 2.69. The fourth-order valence-corrected chi connectivity index (χ4v) is 5.46. The third-order valence-electron chi connectivity index (χ3n) is 4.86. The van der Waals surface area contributed by atoms with Gasteiger partial charge in [-0.15, -0.1) is 0 Å². The van der Waals surface area contributed by atoms with Crippen molar-refractivity contribution in [3.8, 4) is 5.75 Å². The van der Waals surface area contributed by atoms with Gasteiger partial charge in [-0.25, -0.2) is 8.42 Å². The molecule has 0 aliphatic carbocycles. The van der Waals surface area contributed by atoms with Gasteiger partial charge in [-0.3, -0.25) is 4.79 Å². The zero-order valence-corrected chi connectivity index (χ0v) is 18.2. The summed E-state index contributed by atoms with van der Waals surface area (Å²) >= 11 is 3.35. The topological polar surface area (TPSA) is 75.7 Å². The van der Waals surface area contributed by atoms with Gasteiger partial charge in [0.15, 0.2) is 0 Å². The number of hydrogen-bond donors (Lipinski definition) is 1. The normalized spacial score (nSPS) is 17.9. The molecule has 1 heterocycles. The minimum atomic E-state index is -3.77. The molecule has 150 valence electrons. The van der Waals surface area contributed by atoms with Gasteiger partial charge in [0.2, 0.25) is 10.0 Å². The lowest BCUT2D eigenvalue weighted by atomic mass is 10.1. The number of ether oxygens (including phenoxy) is 1. The summed E-state index contributed by atoms with van der Waals surface area (Å²) in [5.41, 5.74) is 0.880. The number of carbonyl (C=O) groups excluding carboxylic acids is 1. The quantitative estimate of drug-likeness (QED) is 0.713. The van der Waals surface area contributed by atoms with Crippen LogP contribution in [0.4, 0.5) is 5.69 Å². The van der Waals surface area contributed by atoms with Crippen LogP contribution in [-0.2, 0) is 10.0 Å². The third kappa shape index (κ3) is 4.39. The molecule has 0 radical (unpaired) electrons. The Bertz CT molecular complexity index is 961. The predicted molar refractivity (Wildman–Crippen MR) is 112 cm³/mol. The zero-order valence-electron chi connectivity index (χ0n) is 15.8. The first-order chi connectivity index (χ1) is 13.3. The molecule has 1 unspecified atom stereocenters. The van der Waals surface area contributed by atoms with Crippen molar-refractivity contribution in [3.63, 3.8) is 0 Å². The lowest BCUT2D eigenvalue weighted by molar-refractivity contribution is 0.102. The van der Waals surface area contributed by atoms with Gasteiger partial charge in [0.05, 0.1) is 7.11 Å². The van der Waals surface area contributed by atoms with Gasteiger partial charge in [0.25, 0.3) is 5.91 Å². The number of nitrogens with one attached hydrogen (secondary N) is 1. The number of amides is 1. The van der Waals surface area contributed by atoms with Gasteiger partial charge in [-0.05, 0) is 62.2 Å². The molecule has 3 rings (SSSR count). The second-order valence-electron chi connectivity index (χ2n) is 6.79. The summed E-state index contributed by atoms with van der Waals surface area (Å²) in [6.45, 7) is 2.38. The van der Waals surface area contributed by atoms with Crippen LogP contribution in [0.15, 0.2) is 51.8 Å². The summed E-state index contributed by atoms with van der Waals surface area (Å²) in [5.74, 6) is -0.147. The SMILES string of the molecule is COc1ccc(C(=O)Nc2ccc(Br)cc2)cc1S(=O)(=O)N1CCCCC1C. The fourth-order valence-electron chi connectivity index (χ4n) is 3.31. The molecule has 0 bridgehead atoms. The first-order valence-corrected chi connectivity index (χ1v) is 11.3. The van der Waals surface area contributed by atoms with Crippen LogP contribution in [0.2, 0.25) is 0 Å². The number of benzene rings is 2. The Kier molecular flexibility index (Phi) is 6.42. The molecule has 1 aliphatic heterocycles. The van der Waals surface area contributed by atoms with Gasteiger partial charge >= 0.3 is 0 Å². The smallest absolute Gasteiger partial charge is 0.255 e. The maximum atomic E-state index is 13.3. The van der Waals surface area contributed by atoms with E-state index in [-0.39, 0.29) is 28.2 Å². The highest BCUT2D eigenvalue weighted by Crippen LogP contribution is 2.32. The van der Waals surface area contributed by atoms with Crippen molar-refractivity contribution >= 4 is 37.5 Å². The van der Waals surface area contributed by atoms with Gasteiger partial charge in [-0.2, -0.15) is 4.31 Å². The van der Waals surface area contributed by atoms with Crippen molar-refractivity contribution in [2.45, 2.75) is 37.1 Å². The van der Waals surface area contributed by atoms with Crippen LogP contribution in [0, 0.1) is 0 Å². The number of methoxy groups -OCH3 is 1. The van der Waals surface area contributed by atoms with Crippen molar-refractivity contribution in [1.29, 1.82) is 0 Å². The maximum absolute atomic E-state index is 13.3. The second-order valence-corrected chi connectivity index (χ2v) is 9.56. The standard InChI is InChI=1S/C20H23BrN2O4S/c1-14-5-3-4-12-23(14)28(25,26)19-13-15(6-11-18(19)27-2)20(24)22-17-9-7-16(21)8-10-17/h6-11,13-14H,3-5,12H2,1-2H3,(H,22,24). The Balaban J connectivity index is 1.93. The summed E-state index contributed by atoms with van der Waals surface area (Å²) in [6, 6.07) is 11.6. The second kappa shape index (κ2) is 8.63. The van der Waals surface area contributed by atoms with Crippen LogP contribution in [0.25, 0.3) is 0 Å². The molecule has 2 aromatic rings. The minimum absolute atomic E-state index is 0.0206. The molecule has 8 heteroatoms. The zero-order chi connectivity index (χ0) is 20.3. The van der Waals surface area contributed by atoms with E-state index in [0.29, 0.717) is 12.2 Å². The molecule has 0 spiro atoms. The molecule has 0 saturated carbocycles. The molecule has 1 N–H and O–H groups in total. The Morgan fingerprint density at radius 3 is 2.54 bits per heavy atom. The van der Waals surface area contributed by atoms with E-state index in [4.69, 9.17) is 4.74 Å². The van der Waals surface area contributed by atoms with Crippen LogP contribution < -0.4 is 10.1 Å². The van der Waals surface area contributed by atoms with E-state index in [2.05, 4.69) is 21.2 Å². The largest absolute Gasteiger partial charge is 0.495 e. The van der Waals surface area contributed by atoms with Crippen molar-refractivity contribution < 1.29 is 17.9 Å². The summed E-state index contributed by atoms with van der Waals surface area (Å²) in [5, 5.41) is 2.78. The number of hydrogen-bond acceptors (Lipinski definition) is 4. The van der Waals surface area contributed by atoms with Crippen LogP contribution in [-0.4, -0.2) is 38.3 Å². The molecule has 28 heavy (non-hydrogen) atoms. The van der Waals surface area contributed by atoms with Crippen molar-refractivity contribution in [3.05, 3.63) is 52.5 Å². The summed E-state index contributed by atoms with van der Waals surface area (Å²) < 4.78 is 34.2. The van der Waals surface area contributed by atoms with E-state index in [0.717, 1.165) is 23.7 Å². The average molecular weight is 467 g/mol. The van der Waals surface area contributed by atoms with E-state index >= 15 is 0 Å². The van der Waals surface area contributed by atoms with Crippen LogP contribution in [0.5, 0.6) is 5.75 Å². The highest BCUT2D eigenvalue weighted by atomic mass is 79.9. The molecule has 0 aromatic heterocycles. The number of halogens is 1. The summed E-state index contributed by atoms with van der Waals surface area (Å²) in [4.78, 5) is 12.7. The van der Waals surface area contributed by atoms with Crippen LogP contribution in [0.3, 0.4) is 0 Å². The summed E-state index contributed by atoms with van der Waals surface area (Å²) in [7, 11) is -2.34. The molecule has 1 amide bonds.